The molecule has 0 heterocycles. The summed E-state index contributed by atoms with van der Waals surface area (Å²) < 4.78 is 0. The van der Waals surface area contributed by atoms with Crippen LogP contribution in [0.4, 0.5) is 0 Å². The Bertz CT molecular complexity index is 144. The van der Waals surface area contributed by atoms with Gasteiger partial charge < -0.3 is 10.2 Å². The van der Waals surface area contributed by atoms with Gasteiger partial charge in [0.1, 0.15) is 0 Å². The lowest BCUT2D eigenvalue weighted by atomic mass is 9.92. The zero-order chi connectivity index (χ0) is 8.43. The highest BCUT2D eigenvalue weighted by molar-refractivity contribution is 4.98. The number of aliphatic hydroxyl groups excluding tert-OH is 2. The second-order valence-corrected chi connectivity index (χ2v) is 3.26. The van der Waals surface area contributed by atoms with Gasteiger partial charge in [0.2, 0.25) is 0 Å². The van der Waals surface area contributed by atoms with Crippen molar-refractivity contribution < 1.29 is 10.2 Å². The highest BCUT2D eigenvalue weighted by Gasteiger charge is 2.38. The predicted octanol–water partition coefficient (Wildman–Crippen LogP) is 0.940. The molecule has 1 aliphatic rings. The Morgan fingerprint density at radius 3 is 2.45 bits per heavy atom. The molecule has 1 fully saturated rings. The van der Waals surface area contributed by atoms with Crippen molar-refractivity contribution in [2.75, 3.05) is 0 Å². The first-order valence-corrected chi connectivity index (χ1v) is 4.19. The third kappa shape index (κ3) is 1.47. The summed E-state index contributed by atoms with van der Waals surface area (Å²) in [6, 6.07) is 0. The Morgan fingerprint density at radius 1 is 1.45 bits per heavy atom. The van der Waals surface area contributed by atoms with Gasteiger partial charge >= 0.3 is 0 Å². The SMILES string of the molecule is C=C[C@H]1C(O)CC(O)[C@@H]1CC. The molecule has 0 aromatic rings. The standard InChI is InChI=1S/C9H16O2/c1-3-6-7(4-2)9(11)5-8(6)10/h3,6-11H,1,4-5H2,2H3/t6-,7-,8?,9?/m1/s1. The summed E-state index contributed by atoms with van der Waals surface area (Å²) in [6.45, 7) is 5.68. The molecule has 2 nitrogen and oxygen atoms in total. The summed E-state index contributed by atoms with van der Waals surface area (Å²) in [4.78, 5) is 0. The average Bonchev–Trinajstić information content (AvgIpc) is 2.24. The monoisotopic (exact) mass is 156 g/mol. The first-order valence-electron chi connectivity index (χ1n) is 4.19. The zero-order valence-electron chi connectivity index (χ0n) is 6.90. The molecule has 0 bridgehead atoms. The maximum absolute atomic E-state index is 9.45. The van der Waals surface area contributed by atoms with Gasteiger partial charge in [-0.25, -0.2) is 0 Å². The predicted molar refractivity (Wildman–Crippen MR) is 44.1 cm³/mol. The molecule has 4 atom stereocenters. The van der Waals surface area contributed by atoms with Gasteiger partial charge in [-0.15, -0.1) is 6.58 Å². The Kier molecular flexibility index (Phi) is 2.68. The molecule has 64 valence electrons. The van der Waals surface area contributed by atoms with Gasteiger partial charge in [-0.05, 0) is 5.92 Å². The summed E-state index contributed by atoms with van der Waals surface area (Å²) >= 11 is 0. The minimum absolute atomic E-state index is 0.0926. The van der Waals surface area contributed by atoms with E-state index in [1.54, 1.807) is 6.08 Å². The van der Waals surface area contributed by atoms with Crippen molar-refractivity contribution in [3.05, 3.63) is 12.7 Å². The molecule has 11 heavy (non-hydrogen) atoms. The molecule has 2 N–H and O–H groups in total. The highest BCUT2D eigenvalue weighted by atomic mass is 16.3. The van der Waals surface area contributed by atoms with Crippen molar-refractivity contribution in [2.24, 2.45) is 11.8 Å². The van der Waals surface area contributed by atoms with E-state index in [9.17, 15) is 10.2 Å². The molecular formula is C9H16O2. The van der Waals surface area contributed by atoms with E-state index in [0.29, 0.717) is 6.42 Å². The van der Waals surface area contributed by atoms with Crippen LogP contribution in [0.2, 0.25) is 0 Å². The van der Waals surface area contributed by atoms with Crippen LogP contribution >= 0.6 is 0 Å². The van der Waals surface area contributed by atoms with Gasteiger partial charge in [-0.2, -0.15) is 0 Å². The van der Waals surface area contributed by atoms with Crippen LogP contribution in [0.15, 0.2) is 12.7 Å². The fourth-order valence-corrected chi connectivity index (χ4v) is 2.00. The molecule has 0 aromatic carbocycles. The topological polar surface area (TPSA) is 40.5 Å². The lowest BCUT2D eigenvalue weighted by molar-refractivity contribution is 0.118. The number of rotatable bonds is 2. The summed E-state index contributed by atoms with van der Waals surface area (Å²) in [5.74, 6) is 0.303. The lowest BCUT2D eigenvalue weighted by Gasteiger charge is -2.17. The van der Waals surface area contributed by atoms with Gasteiger partial charge in [0, 0.05) is 12.3 Å². The van der Waals surface area contributed by atoms with Crippen LogP contribution < -0.4 is 0 Å². The fraction of sp³-hybridized carbons (Fsp3) is 0.778. The number of hydrogen-bond donors (Lipinski definition) is 2. The van der Waals surface area contributed by atoms with Gasteiger partial charge in [-0.1, -0.05) is 19.4 Å². The van der Waals surface area contributed by atoms with E-state index in [4.69, 9.17) is 0 Å². The quantitative estimate of drug-likeness (QED) is 0.584. The van der Waals surface area contributed by atoms with E-state index in [1.807, 2.05) is 6.92 Å². The van der Waals surface area contributed by atoms with Crippen molar-refractivity contribution in [1.29, 1.82) is 0 Å². The zero-order valence-corrected chi connectivity index (χ0v) is 6.90. The normalized spacial score (nSPS) is 44.3. The van der Waals surface area contributed by atoms with E-state index >= 15 is 0 Å². The van der Waals surface area contributed by atoms with Crippen LogP contribution in [0.3, 0.4) is 0 Å². The summed E-state index contributed by atoms with van der Waals surface area (Å²) in [7, 11) is 0. The second kappa shape index (κ2) is 3.37. The molecule has 0 radical (unpaired) electrons. The Balaban J connectivity index is 2.66. The maximum atomic E-state index is 9.45. The third-order valence-electron chi connectivity index (χ3n) is 2.66. The Hall–Kier alpha value is -0.340. The van der Waals surface area contributed by atoms with E-state index in [2.05, 4.69) is 6.58 Å². The van der Waals surface area contributed by atoms with Crippen LogP contribution in [-0.4, -0.2) is 22.4 Å². The van der Waals surface area contributed by atoms with Crippen molar-refractivity contribution in [3.63, 3.8) is 0 Å². The van der Waals surface area contributed by atoms with E-state index < -0.39 is 0 Å². The Morgan fingerprint density at radius 2 is 2.09 bits per heavy atom. The molecule has 1 saturated carbocycles. The second-order valence-electron chi connectivity index (χ2n) is 3.26. The van der Waals surface area contributed by atoms with Crippen molar-refractivity contribution in [3.8, 4) is 0 Å². The van der Waals surface area contributed by atoms with E-state index in [1.165, 1.54) is 0 Å². The van der Waals surface area contributed by atoms with Crippen LogP contribution in [-0.2, 0) is 0 Å². The van der Waals surface area contributed by atoms with Gasteiger partial charge in [0.05, 0.1) is 12.2 Å². The minimum Gasteiger partial charge on any atom is -0.393 e. The first-order chi connectivity index (χ1) is 5.20. The van der Waals surface area contributed by atoms with Crippen LogP contribution in [0.25, 0.3) is 0 Å². The average molecular weight is 156 g/mol. The fourth-order valence-electron chi connectivity index (χ4n) is 2.00. The van der Waals surface area contributed by atoms with Crippen molar-refractivity contribution in [2.45, 2.75) is 32.0 Å². The molecule has 0 amide bonds. The third-order valence-corrected chi connectivity index (χ3v) is 2.66. The van der Waals surface area contributed by atoms with E-state index in [0.717, 1.165) is 6.42 Å². The summed E-state index contributed by atoms with van der Waals surface area (Å²) in [5, 5.41) is 18.9. The molecule has 2 unspecified atom stereocenters. The van der Waals surface area contributed by atoms with Gasteiger partial charge in [0.15, 0.2) is 0 Å². The molecule has 0 saturated heterocycles. The van der Waals surface area contributed by atoms with Crippen molar-refractivity contribution >= 4 is 0 Å². The lowest BCUT2D eigenvalue weighted by Crippen LogP contribution is -2.19. The summed E-state index contributed by atoms with van der Waals surface area (Å²) in [5.41, 5.74) is 0. The molecule has 2 heteroatoms. The Labute approximate surface area is 67.6 Å². The highest BCUT2D eigenvalue weighted by Crippen LogP contribution is 2.35. The van der Waals surface area contributed by atoms with Crippen molar-refractivity contribution in [1.82, 2.24) is 0 Å². The maximum Gasteiger partial charge on any atom is 0.0631 e. The smallest absolute Gasteiger partial charge is 0.0631 e. The molecule has 0 aliphatic heterocycles. The number of hydrogen-bond acceptors (Lipinski definition) is 2. The van der Waals surface area contributed by atoms with Crippen LogP contribution in [0.1, 0.15) is 19.8 Å². The molecule has 0 spiro atoms. The number of aliphatic hydroxyl groups is 2. The van der Waals surface area contributed by atoms with Crippen LogP contribution in [0.5, 0.6) is 0 Å². The summed E-state index contributed by atoms with van der Waals surface area (Å²) in [6.07, 6.45) is 2.46. The molecular weight excluding hydrogens is 140 g/mol. The van der Waals surface area contributed by atoms with Gasteiger partial charge in [0.25, 0.3) is 0 Å². The largest absolute Gasteiger partial charge is 0.393 e. The van der Waals surface area contributed by atoms with Gasteiger partial charge in [-0.3, -0.25) is 0 Å². The molecule has 0 aromatic heterocycles. The first kappa shape index (κ1) is 8.75. The molecule has 1 aliphatic carbocycles. The molecule has 1 rings (SSSR count). The van der Waals surface area contributed by atoms with Crippen LogP contribution in [0, 0.1) is 11.8 Å². The van der Waals surface area contributed by atoms with E-state index in [-0.39, 0.29) is 24.0 Å². The minimum atomic E-state index is -0.382.